The van der Waals surface area contributed by atoms with Crippen LogP contribution in [0, 0.1) is 20.2 Å². The van der Waals surface area contributed by atoms with Crippen LogP contribution in [0.4, 0.5) is 11.4 Å². The molecular weight excluding hydrogens is 420 g/mol. The smallest absolute Gasteiger partial charge is 0.318 e. The molecule has 10 heteroatoms. The van der Waals surface area contributed by atoms with Gasteiger partial charge in [0, 0.05) is 12.0 Å². The van der Waals surface area contributed by atoms with Gasteiger partial charge in [0.15, 0.2) is 11.6 Å². The van der Waals surface area contributed by atoms with Crippen molar-refractivity contribution in [1.29, 1.82) is 0 Å². The number of hydrogen-bond acceptors (Lipinski definition) is 8. The van der Waals surface area contributed by atoms with Crippen LogP contribution in [-0.2, 0) is 6.42 Å². The number of ketones is 2. The van der Waals surface area contributed by atoms with Crippen molar-refractivity contribution in [1.82, 2.24) is 0 Å². The highest BCUT2D eigenvalue weighted by Gasteiger charge is 2.28. The van der Waals surface area contributed by atoms with Gasteiger partial charge in [0.25, 0.3) is 5.69 Å². The maximum absolute atomic E-state index is 12.6. The number of hydrogen-bond donors (Lipinski definition) is 1. The van der Waals surface area contributed by atoms with Crippen LogP contribution >= 0.6 is 0 Å². The minimum Gasteiger partial charge on any atom is -0.507 e. The number of benzene rings is 3. The molecule has 0 aliphatic carbocycles. The quantitative estimate of drug-likeness (QED) is 0.305. The predicted octanol–water partition coefficient (Wildman–Crippen LogP) is 4.63. The molecule has 0 fully saturated rings. The Kier molecular flexibility index (Phi) is 6.24. The standard InChI is InChI=1S/C22H16N2O8/c1-13(25)15-6-3-5-9-21(15)32-22-11-14(17(23(28)29)12-18(22)24(30)31)10-20(27)16-7-2-4-8-19(16)26/h2-9,11-12,26H,10H2,1H3. The van der Waals surface area contributed by atoms with Crippen molar-refractivity contribution in [2.75, 3.05) is 0 Å². The maximum Gasteiger partial charge on any atom is 0.318 e. The van der Waals surface area contributed by atoms with Crippen molar-refractivity contribution in [3.63, 3.8) is 0 Å². The van der Waals surface area contributed by atoms with Crippen molar-refractivity contribution in [2.45, 2.75) is 13.3 Å². The van der Waals surface area contributed by atoms with Crippen LogP contribution in [-0.4, -0.2) is 26.5 Å². The van der Waals surface area contributed by atoms with Crippen LogP contribution in [0.1, 0.15) is 33.2 Å². The summed E-state index contributed by atoms with van der Waals surface area (Å²) < 4.78 is 5.60. The summed E-state index contributed by atoms with van der Waals surface area (Å²) >= 11 is 0. The number of rotatable bonds is 8. The fourth-order valence-corrected chi connectivity index (χ4v) is 3.08. The Morgan fingerprint density at radius 2 is 1.47 bits per heavy atom. The SMILES string of the molecule is CC(=O)c1ccccc1Oc1cc(CC(=O)c2ccccc2O)c([N+](=O)[O-])cc1[N+](=O)[O-]. The first-order chi connectivity index (χ1) is 15.2. The summed E-state index contributed by atoms with van der Waals surface area (Å²) in [6.07, 6.45) is -0.517. The lowest BCUT2D eigenvalue weighted by molar-refractivity contribution is -0.395. The van der Waals surface area contributed by atoms with E-state index < -0.39 is 33.4 Å². The third-order valence-electron chi connectivity index (χ3n) is 4.60. The second-order valence-electron chi connectivity index (χ2n) is 6.73. The monoisotopic (exact) mass is 436 g/mol. The zero-order chi connectivity index (χ0) is 23.4. The molecule has 0 bridgehead atoms. The van der Waals surface area contributed by atoms with E-state index in [1.54, 1.807) is 12.1 Å². The maximum atomic E-state index is 12.6. The molecule has 32 heavy (non-hydrogen) atoms. The van der Waals surface area contributed by atoms with Gasteiger partial charge in [-0.25, -0.2) is 0 Å². The lowest BCUT2D eigenvalue weighted by Crippen LogP contribution is -2.08. The first-order valence-corrected chi connectivity index (χ1v) is 9.23. The summed E-state index contributed by atoms with van der Waals surface area (Å²) in [6.45, 7) is 1.29. The summed E-state index contributed by atoms with van der Waals surface area (Å²) in [6, 6.07) is 13.5. The second-order valence-corrected chi connectivity index (χ2v) is 6.73. The lowest BCUT2D eigenvalue weighted by Gasteiger charge is -2.11. The number of phenolic OH excluding ortho intramolecular Hbond substituents is 1. The van der Waals surface area contributed by atoms with E-state index >= 15 is 0 Å². The molecule has 0 atom stereocenters. The van der Waals surface area contributed by atoms with Crippen LogP contribution < -0.4 is 4.74 Å². The zero-order valence-corrected chi connectivity index (χ0v) is 16.7. The van der Waals surface area contributed by atoms with E-state index in [9.17, 15) is 34.9 Å². The van der Waals surface area contributed by atoms with E-state index in [1.165, 1.54) is 43.3 Å². The van der Waals surface area contributed by atoms with Crippen molar-refractivity contribution in [2.24, 2.45) is 0 Å². The lowest BCUT2D eigenvalue weighted by atomic mass is 10.00. The van der Waals surface area contributed by atoms with E-state index in [0.717, 1.165) is 6.07 Å². The van der Waals surface area contributed by atoms with Crippen LogP contribution in [0.2, 0.25) is 0 Å². The molecule has 0 aromatic heterocycles. The first-order valence-electron chi connectivity index (χ1n) is 9.23. The van der Waals surface area contributed by atoms with Crippen LogP contribution in [0.25, 0.3) is 0 Å². The predicted molar refractivity (Wildman–Crippen MR) is 112 cm³/mol. The molecule has 0 amide bonds. The molecule has 0 saturated carbocycles. The van der Waals surface area contributed by atoms with Crippen LogP contribution in [0.15, 0.2) is 60.7 Å². The fraction of sp³-hybridized carbons (Fsp3) is 0.0909. The molecule has 0 unspecified atom stereocenters. The van der Waals surface area contributed by atoms with Gasteiger partial charge in [0.05, 0.1) is 27.0 Å². The molecule has 0 saturated heterocycles. The van der Waals surface area contributed by atoms with Gasteiger partial charge < -0.3 is 9.84 Å². The Morgan fingerprint density at radius 3 is 2.06 bits per heavy atom. The van der Waals surface area contributed by atoms with Gasteiger partial charge >= 0.3 is 5.69 Å². The normalized spacial score (nSPS) is 10.4. The van der Waals surface area contributed by atoms with Gasteiger partial charge in [-0.2, -0.15) is 0 Å². The molecule has 0 aliphatic rings. The Balaban J connectivity index is 2.11. The highest BCUT2D eigenvalue weighted by atomic mass is 16.6. The van der Waals surface area contributed by atoms with Gasteiger partial charge in [-0.3, -0.25) is 29.8 Å². The number of nitro benzene ring substituents is 2. The molecule has 0 heterocycles. The Hall–Kier alpha value is -4.60. The second kappa shape index (κ2) is 9.04. The molecule has 0 aliphatic heterocycles. The van der Waals surface area contributed by atoms with E-state index in [4.69, 9.17) is 4.74 Å². The van der Waals surface area contributed by atoms with E-state index in [0.29, 0.717) is 6.07 Å². The highest BCUT2D eigenvalue weighted by Crippen LogP contribution is 2.38. The number of carbonyl (C=O) groups is 2. The van der Waals surface area contributed by atoms with Crippen molar-refractivity contribution in [3.8, 4) is 17.2 Å². The molecule has 1 N–H and O–H groups in total. The van der Waals surface area contributed by atoms with E-state index in [-0.39, 0.29) is 39.7 Å². The average Bonchev–Trinajstić information content (AvgIpc) is 2.74. The van der Waals surface area contributed by atoms with Crippen molar-refractivity contribution >= 4 is 22.9 Å². The topological polar surface area (TPSA) is 150 Å². The molecular formula is C22H16N2O8. The highest BCUT2D eigenvalue weighted by molar-refractivity contribution is 6.00. The molecule has 3 aromatic carbocycles. The first kappa shape index (κ1) is 22.1. The van der Waals surface area contributed by atoms with Gasteiger partial charge in [0.1, 0.15) is 11.5 Å². The number of nitro groups is 2. The molecule has 0 spiro atoms. The number of aromatic hydroxyl groups is 1. The third-order valence-corrected chi connectivity index (χ3v) is 4.60. The van der Waals surface area contributed by atoms with Crippen molar-refractivity contribution < 1.29 is 29.3 Å². The molecule has 0 radical (unpaired) electrons. The van der Waals surface area contributed by atoms with E-state index in [2.05, 4.69) is 0 Å². The zero-order valence-electron chi connectivity index (χ0n) is 16.7. The Bertz CT molecular complexity index is 1250. The van der Waals surface area contributed by atoms with Gasteiger partial charge in [0.2, 0.25) is 5.75 Å². The summed E-state index contributed by atoms with van der Waals surface area (Å²) in [5.74, 6) is -1.62. The Morgan fingerprint density at radius 1 is 0.875 bits per heavy atom. The molecule has 10 nitrogen and oxygen atoms in total. The Labute approximate surface area is 181 Å². The van der Waals surface area contributed by atoms with Crippen LogP contribution in [0.5, 0.6) is 17.2 Å². The van der Waals surface area contributed by atoms with Crippen molar-refractivity contribution in [3.05, 3.63) is 97.6 Å². The molecule has 162 valence electrons. The number of phenols is 1. The number of Topliss-reactive ketones (excluding diaryl/α,β-unsaturated/α-hetero) is 2. The van der Waals surface area contributed by atoms with Gasteiger partial charge in [-0.05, 0) is 37.3 Å². The summed E-state index contributed by atoms with van der Waals surface area (Å²) in [5.41, 5.74) is -1.39. The third kappa shape index (κ3) is 4.59. The minimum atomic E-state index is -0.854. The molecule has 3 aromatic rings. The summed E-state index contributed by atoms with van der Waals surface area (Å²) in [7, 11) is 0. The van der Waals surface area contributed by atoms with E-state index in [1.807, 2.05) is 0 Å². The number of nitrogens with zero attached hydrogens (tertiary/aromatic N) is 2. The summed E-state index contributed by atoms with van der Waals surface area (Å²) in [5, 5.41) is 33.0. The molecule has 3 rings (SSSR count). The summed E-state index contributed by atoms with van der Waals surface area (Å²) in [4.78, 5) is 45.9. The number of ether oxygens (including phenoxy) is 1. The minimum absolute atomic E-state index is 0.0231. The number of para-hydroxylation sites is 2. The van der Waals surface area contributed by atoms with Gasteiger partial charge in [-0.1, -0.05) is 24.3 Å². The number of carbonyl (C=O) groups excluding carboxylic acids is 2. The average molecular weight is 436 g/mol. The largest absolute Gasteiger partial charge is 0.507 e. The fourth-order valence-electron chi connectivity index (χ4n) is 3.08. The van der Waals surface area contributed by atoms with Crippen LogP contribution in [0.3, 0.4) is 0 Å². The van der Waals surface area contributed by atoms with Gasteiger partial charge in [-0.15, -0.1) is 0 Å².